The second kappa shape index (κ2) is 7.09. The first-order chi connectivity index (χ1) is 8.46. The maximum absolute atomic E-state index is 11.9. The third kappa shape index (κ3) is 4.94. The molecule has 3 N–H and O–H groups in total. The highest BCUT2D eigenvalue weighted by Gasteiger charge is 2.26. The van der Waals surface area contributed by atoms with Crippen LogP contribution in [-0.4, -0.2) is 38.4 Å². The fourth-order valence-corrected chi connectivity index (χ4v) is 2.97. The molecule has 1 aliphatic carbocycles. The first-order valence-corrected chi connectivity index (χ1v) is 8.52. The summed E-state index contributed by atoms with van der Waals surface area (Å²) in [4.78, 5) is 11.9. The topological polar surface area (TPSA) is 89.3 Å². The molecule has 0 aromatic heterocycles. The highest BCUT2D eigenvalue weighted by molar-refractivity contribution is 7.91. The molecule has 1 amide bonds. The van der Waals surface area contributed by atoms with E-state index in [2.05, 4.69) is 5.32 Å². The van der Waals surface area contributed by atoms with Crippen molar-refractivity contribution in [3.05, 3.63) is 0 Å². The highest BCUT2D eigenvalue weighted by Crippen LogP contribution is 2.22. The molecular weight excluding hydrogens is 252 g/mol. The Labute approximate surface area is 109 Å². The number of nitrogens with two attached hydrogens (primary N) is 1. The molecule has 0 aliphatic heterocycles. The maximum Gasteiger partial charge on any atom is 0.224 e. The van der Waals surface area contributed by atoms with Crippen LogP contribution in [0.5, 0.6) is 0 Å². The number of rotatable bonds is 5. The van der Waals surface area contributed by atoms with E-state index in [9.17, 15) is 13.2 Å². The van der Waals surface area contributed by atoms with Crippen LogP contribution in [0.2, 0.25) is 0 Å². The maximum atomic E-state index is 11.9. The quantitative estimate of drug-likeness (QED) is 0.713. The van der Waals surface area contributed by atoms with Crippen LogP contribution in [-0.2, 0) is 14.6 Å². The van der Waals surface area contributed by atoms with Crippen LogP contribution in [0.25, 0.3) is 0 Å². The molecule has 0 radical (unpaired) electrons. The molecule has 0 aromatic rings. The van der Waals surface area contributed by atoms with E-state index in [0.29, 0.717) is 0 Å². The Morgan fingerprint density at radius 3 is 2.61 bits per heavy atom. The molecule has 5 nitrogen and oxygen atoms in total. The summed E-state index contributed by atoms with van der Waals surface area (Å²) in [6, 6.07) is -0.0877. The van der Waals surface area contributed by atoms with Gasteiger partial charge in [-0.1, -0.05) is 26.2 Å². The zero-order valence-electron chi connectivity index (χ0n) is 11.0. The number of carbonyl (C=O) groups is 1. The number of carbonyl (C=O) groups excluding carboxylic acids is 1. The molecule has 0 heterocycles. The Balaban J connectivity index is 2.39. The Hall–Kier alpha value is -0.620. The average Bonchev–Trinajstić information content (AvgIpc) is 2.53. The van der Waals surface area contributed by atoms with Gasteiger partial charge in [-0.05, 0) is 12.8 Å². The van der Waals surface area contributed by atoms with Crippen molar-refractivity contribution in [2.24, 2.45) is 11.7 Å². The van der Waals surface area contributed by atoms with E-state index in [4.69, 9.17) is 5.73 Å². The standard InChI is InChI=1S/C12H24N2O3S/c1-2-18(16,17)9-8-14-12(15)10-6-4-3-5-7-11(10)13/h10-11H,2-9,13H2,1H3,(H,14,15). The molecule has 1 saturated carbocycles. The first kappa shape index (κ1) is 15.4. The highest BCUT2D eigenvalue weighted by atomic mass is 32.2. The number of hydrogen-bond acceptors (Lipinski definition) is 4. The Morgan fingerprint density at radius 2 is 1.94 bits per heavy atom. The van der Waals surface area contributed by atoms with E-state index < -0.39 is 9.84 Å². The van der Waals surface area contributed by atoms with Gasteiger partial charge in [0, 0.05) is 18.3 Å². The third-order valence-corrected chi connectivity index (χ3v) is 5.26. The van der Waals surface area contributed by atoms with E-state index >= 15 is 0 Å². The van der Waals surface area contributed by atoms with Crippen molar-refractivity contribution >= 4 is 15.7 Å². The van der Waals surface area contributed by atoms with Gasteiger partial charge in [0.25, 0.3) is 0 Å². The van der Waals surface area contributed by atoms with E-state index in [1.165, 1.54) is 0 Å². The zero-order chi connectivity index (χ0) is 13.6. The summed E-state index contributed by atoms with van der Waals surface area (Å²) in [5.41, 5.74) is 5.98. The number of nitrogens with one attached hydrogen (secondary N) is 1. The predicted molar refractivity (Wildman–Crippen MR) is 71.9 cm³/mol. The number of amides is 1. The lowest BCUT2D eigenvalue weighted by Crippen LogP contribution is -2.42. The second-order valence-electron chi connectivity index (χ2n) is 4.94. The molecule has 0 spiro atoms. The van der Waals surface area contributed by atoms with Crippen LogP contribution < -0.4 is 11.1 Å². The van der Waals surface area contributed by atoms with E-state index in [0.717, 1.165) is 32.1 Å². The third-order valence-electron chi connectivity index (χ3n) is 3.56. The summed E-state index contributed by atoms with van der Waals surface area (Å²) in [5, 5.41) is 2.70. The lowest BCUT2D eigenvalue weighted by atomic mass is 9.95. The minimum absolute atomic E-state index is 0.0111. The monoisotopic (exact) mass is 276 g/mol. The number of sulfone groups is 1. The molecular formula is C12H24N2O3S. The molecule has 1 rings (SSSR count). The van der Waals surface area contributed by atoms with Crippen molar-refractivity contribution in [2.75, 3.05) is 18.1 Å². The second-order valence-corrected chi connectivity index (χ2v) is 7.41. The van der Waals surface area contributed by atoms with Gasteiger partial charge in [0.05, 0.1) is 11.7 Å². The van der Waals surface area contributed by atoms with Crippen molar-refractivity contribution in [2.45, 2.75) is 45.1 Å². The van der Waals surface area contributed by atoms with Crippen LogP contribution >= 0.6 is 0 Å². The molecule has 0 aromatic carbocycles. The summed E-state index contributed by atoms with van der Waals surface area (Å²) in [6.45, 7) is 1.80. The normalized spacial score (nSPS) is 25.4. The van der Waals surface area contributed by atoms with Gasteiger partial charge >= 0.3 is 0 Å². The summed E-state index contributed by atoms with van der Waals surface area (Å²) < 4.78 is 22.6. The number of hydrogen-bond donors (Lipinski definition) is 2. The molecule has 1 fully saturated rings. The summed E-state index contributed by atoms with van der Waals surface area (Å²) >= 11 is 0. The summed E-state index contributed by atoms with van der Waals surface area (Å²) in [5.74, 6) is -0.115. The van der Waals surface area contributed by atoms with Crippen molar-refractivity contribution < 1.29 is 13.2 Å². The van der Waals surface area contributed by atoms with Gasteiger partial charge in [0.15, 0.2) is 9.84 Å². The summed E-state index contributed by atoms with van der Waals surface area (Å²) in [7, 11) is -3.01. The summed E-state index contributed by atoms with van der Waals surface area (Å²) in [6.07, 6.45) is 4.93. The van der Waals surface area contributed by atoms with Crippen LogP contribution in [0.15, 0.2) is 0 Å². The van der Waals surface area contributed by atoms with Crippen LogP contribution in [0, 0.1) is 5.92 Å². The minimum atomic E-state index is -3.01. The first-order valence-electron chi connectivity index (χ1n) is 6.70. The predicted octanol–water partition coefficient (Wildman–Crippen LogP) is 0.445. The lowest BCUT2D eigenvalue weighted by molar-refractivity contribution is -0.125. The van der Waals surface area contributed by atoms with Gasteiger partial charge in [-0.15, -0.1) is 0 Å². The van der Waals surface area contributed by atoms with Crippen LogP contribution in [0.4, 0.5) is 0 Å². The fraction of sp³-hybridized carbons (Fsp3) is 0.917. The van der Waals surface area contributed by atoms with E-state index in [1.54, 1.807) is 6.92 Å². The van der Waals surface area contributed by atoms with Gasteiger partial charge in [0.2, 0.25) is 5.91 Å². The SMILES string of the molecule is CCS(=O)(=O)CCNC(=O)C1CCCCCC1N. The van der Waals surface area contributed by atoms with Crippen molar-refractivity contribution in [1.29, 1.82) is 0 Å². The largest absolute Gasteiger partial charge is 0.355 e. The van der Waals surface area contributed by atoms with E-state index in [-0.39, 0.29) is 35.9 Å². The van der Waals surface area contributed by atoms with Gasteiger partial charge in [-0.25, -0.2) is 8.42 Å². The van der Waals surface area contributed by atoms with Crippen LogP contribution in [0.1, 0.15) is 39.0 Å². The van der Waals surface area contributed by atoms with Crippen molar-refractivity contribution in [1.82, 2.24) is 5.32 Å². The van der Waals surface area contributed by atoms with Crippen LogP contribution in [0.3, 0.4) is 0 Å². The lowest BCUT2D eigenvalue weighted by Gasteiger charge is -2.20. The smallest absolute Gasteiger partial charge is 0.224 e. The zero-order valence-corrected chi connectivity index (χ0v) is 11.8. The van der Waals surface area contributed by atoms with Crippen molar-refractivity contribution in [3.8, 4) is 0 Å². The van der Waals surface area contributed by atoms with Gasteiger partial charge in [-0.2, -0.15) is 0 Å². The molecule has 1 aliphatic rings. The fourth-order valence-electron chi connectivity index (χ4n) is 2.27. The minimum Gasteiger partial charge on any atom is -0.355 e. The van der Waals surface area contributed by atoms with Crippen molar-refractivity contribution in [3.63, 3.8) is 0 Å². The molecule has 0 bridgehead atoms. The molecule has 2 atom stereocenters. The Morgan fingerprint density at radius 1 is 1.28 bits per heavy atom. The molecule has 0 saturated heterocycles. The van der Waals surface area contributed by atoms with E-state index in [1.807, 2.05) is 0 Å². The molecule has 2 unspecified atom stereocenters. The van der Waals surface area contributed by atoms with Gasteiger partial charge in [-0.3, -0.25) is 4.79 Å². The molecule has 18 heavy (non-hydrogen) atoms. The Kier molecular flexibility index (Phi) is 6.08. The Bertz CT molecular complexity index is 368. The molecule has 6 heteroatoms. The molecule has 106 valence electrons. The average molecular weight is 276 g/mol. The van der Waals surface area contributed by atoms with Gasteiger partial charge < -0.3 is 11.1 Å². The van der Waals surface area contributed by atoms with Gasteiger partial charge in [0.1, 0.15) is 0 Å².